The Balaban J connectivity index is 1.52. The molecule has 1 N–H and O–H groups in total. The highest BCUT2D eigenvalue weighted by atomic mass is 16.2. The molecule has 1 amide bonds. The predicted molar refractivity (Wildman–Crippen MR) is 113 cm³/mol. The molecule has 0 radical (unpaired) electrons. The lowest BCUT2D eigenvalue weighted by molar-refractivity contribution is -0.116. The molecule has 1 aromatic carbocycles. The zero-order valence-electron chi connectivity index (χ0n) is 16.8. The molecule has 150 valence electrons. The van der Waals surface area contributed by atoms with E-state index in [1.165, 1.54) is 0 Å². The van der Waals surface area contributed by atoms with Crippen LogP contribution in [0.15, 0.2) is 41.3 Å². The molecule has 0 aliphatic rings. The van der Waals surface area contributed by atoms with E-state index < -0.39 is 0 Å². The summed E-state index contributed by atoms with van der Waals surface area (Å²) < 4.78 is 5.17. The van der Waals surface area contributed by atoms with Crippen LogP contribution >= 0.6 is 0 Å². The van der Waals surface area contributed by atoms with Crippen LogP contribution in [0.2, 0.25) is 0 Å². The van der Waals surface area contributed by atoms with Gasteiger partial charge in [0.15, 0.2) is 5.65 Å². The maximum atomic E-state index is 12.8. The summed E-state index contributed by atoms with van der Waals surface area (Å²) in [5, 5.41) is 8.13. The van der Waals surface area contributed by atoms with Gasteiger partial charge in [-0.3, -0.25) is 18.6 Å². The van der Waals surface area contributed by atoms with E-state index in [0.717, 1.165) is 34.2 Å². The molecule has 4 aromatic rings. The van der Waals surface area contributed by atoms with E-state index in [2.05, 4.69) is 15.4 Å². The molecule has 0 bridgehead atoms. The van der Waals surface area contributed by atoms with Crippen molar-refractivity contribution < 1.29 is 4.79 Å². The first-order valence-corrected chi connectivity index (χ1v) is 9.77. The number of nitrogens with one attached hydrogen (secondary N) is 1. The Morgan fingerprint density at radius 2 is 1.83 bits per heavy atom. The number of anilines is 1. The van der Waals surface area contributed by atoms with Crippen molar-refractivity contribution in [2.45, 2.75) is 39.8 Å². The number of rotatable bonds is 6. The summed E-state index contributed by atoms with van der Waals surface area (Å²) >= 11 is 0. The van der Waals surface area contributed by atoms with Gasteiger partial charge in [-0.1, -0.05) is 19.1 Å². The van der Waals surface area contributed by atoms with E-state index >= 15 is 0 Å². The third-order valence-electron chi connectivity index (χ3n) is 5.08. The van der Waals surface area contributed by atoms with Gasteiger partial charge >= 0.3 is 5.69 Å². The van der Waals surface area contributed by atoms with Crippen molar-refractivity contribution in [1.29, 1.82) is 0 Å². The molecule has 0 atom stereocenters. The van der Waals surface area contributed by atoms with Gasteiger partial charge in [-0.15, -0.1) is 0 Å². The van der Waals surface area contributed by atoms with Crippen molar-refractivity contribution in [3.8, 4) is 0 Å². The van der Waals surface area contributed by atoms with Gasteiger partial charge in [-0.05, 0) is 31.5 Å². The zero-order valence-corrected chi connectivity index (χ0v) is 16.8. The van der Waals surface area contributed by atoms with E-state index in [9.17, 15) is 9.59 Å². The second-order valence-electron chi connectivity index (χ2n) is 7.18. The molecule has 0 fully saturated rings. The predicted octanol–water partition coefficient (Wildman–Crippen LogP) is 2.83. The number of para-hydroxylation sites is 2. The molecule has 0 saturated heterocycles. The summed E-state index contributed by atoms with van der Waals surface area (Å²) in [6, 6.07) is 9.58. The number of carbonyl (C=O) groups excluding carboxylic acids is 1. The van der Waals surface area contributed by atoms with Gasteiger partial charge in [0.2, 0.25) is 5.91 Å². The number of fused-ring (bicyclic) bond motifs is 2. The Morgan fingerprint density at radius 1 is 1.14 bits per heavy atom. The first kappa shape index (κ1) is 18.9. The minimum atomic E-state index is -0.160. The standard InChI is InChI=1S/C21H24N6O2/c1-4-10-26-17-7-5-6-8-18(17)27(21(26)29)11-9-19(28)23-15-12-16-14(2)24-25(3)20(16)22-13-15/h5-8,12-13H,4,9-11H2,1-3H3,(H,23,28). The van der Waals surface area contributed by atoms with E-state index in [1.54, 1.807) is 20.0 Å². The topological polar surface area (TPSA) is 86.7 Å². The van der Waals surface area contributed by atoms with Crippen LogP contribution in [0.3, 0.4) is 0 Å². The highest BCUT2D eigenvalue weighted by Gasteiger charge is 2.14. The maximum Gasteiger partial charge on any atom is 0.329 e. The molecule has 29 heavy (non-hydrogen) atoms. The van der Waals surface area contributed by atoms with Crippen LogP contribution < -0.4 is 11.0 Å². The van der Waals surface area contributed by atoms with Gasteiger partial charge in [-0.2, -0.15) is 5.10 Å². The summed E-state index contributed by atoms with van der Waals surface area (Å²) in [7, 11) is 1.84. The van der Waals surface area contributed by atoms with Crippen LogP contribution in [0.1, 0.15) is 25.5 Å². The number of aromatic nitrogens is 5. The number of nitrogens with zero attached hydrogens (tertiary/aromatic N) is 5. The number of hydrogen-bond acceptors (Lipinski definition) is 4. The fraction of sp³-hybridized carbons (Fsp3) is 0.333. The molecule has 8 heteroatoms. The number of amides is 1. The number of pyridine rings is 1. The lowest BCUT2D eigenvalue weighted by Gasteiger charge is -2.06. The van der Waals surface area contributed by atoms with Crippen molar-refractivity contribution in [2.75, 3.05) is 5.32 Å². The van der Waals surface area contributed by atoms with Crippen LogP contribution in [0, 0.1) is 6.92 Å². The van der Waals surface area contributed by atoms with Crippen LogP contribution in [-0.2, 0) is 24.9 Å². The molecular weight excluding hydrogens is 368 g/mol. The quantitative estimate of drug-likeness (QED) is 0.547. The summed E-state index contributed by atoms with van der Waals surface area (Å²) in [6.45, 7) is 4.94. The van der Waals surface area contributed by atoms with Crippen LogP contribution in [-0.4, -0.2) is 29.8 Å². The zero-order chi connectivity index (χ0) is 20.5. The molecule has 8 nitrogen and oxygen atoms in total. The third kappa shape index (κ3) is 3.41. The molecule has 3 heterocycles. The average Bonchev–Trinajstić information content (AvgIpc) is 3.14. The summed E-state index contributed by atoms with van der Waals surface area (Å²) in [6.07, 6.45) is 2.70. The minimum absolute atomic E-state index is 0.0741. The van der Waals surface area contributed by atoms with Gasteiger partial charge in [0.25, 0.3) is 0 Å². The van der Waals surface area contributed by atoms with E-state index in [-0.39, 0.29) is 18.0 Å². The molecule has 0 unspecified atom stereocenters. The van der Waals surface area contributed by atoms with Crippen LogP contribution in [0.4, 0.5) is 5.69 Å². The van der Waals surface area contributed by atoms with Crippen LogP contribution in [0.5, 0.6) is 0 Å². The molecule has 3 aromatic heterocycles. The summed E-state index contributed by atoms with van der Waals surface area (Å²) in [5.74, 6) is -0.160. The summed E-state index contributed by atoms with van der Waals surface area (Å²) in [5.41, 5.74) is 3.95. The number of aryl methyl sites for hydroxylation is 4. The Labute approximate surface area is 167 Å². The molecule has 4 rings (SSSR count). The average molecular weight is 392 g/mol. The number of imidazole rings is 1. The van der Waals surface area contributed by atoms with E-state index in [1.807, 2.05) is 51.2 Å². The van der Waals surface area contributed by atoms with Crippen molar-refractivity contribution in [2.24, 2.45) is 7.05 Å². The van der Waals surface area contributed by atoms with Crippen molar-refractivity contribution >= 4 is 33.7 Å². The monoisotopic (exact) mass is 392 g/mol. The Kier molecular flexibility index (Phi) is 4.92. The summed E-state index contributed by atoms with van der Waals surface area (Å²) in [4.78, 5) is 29.7. The Morgan fingerprint density at radius 3 is 2.52 bits per heavy atom. The lowest BCUT2D eigenvalue weighted by Crippen LogP contribution is -2.26. The van der Waals surface area contributed by atoms with Gasteiger partial charge in [0, 0.05) is 31.9 Å². The molecule has 0 spiro atoms. The van der Waals surface area contributed by atoms with E-state index in [0.29, 0.717) is 18.8 Å². The van der Waals surface area contributed by atoms with Crippen molar-refractivity contribution in [3.63, 3.8) is 0 Å². The van der Waals surface area contributed by atoms with Crippen LogP contribution in [0.25, 0.3) is 22.1 Å². The Bertz CT molecular complexity index is 1260. The SMILES string of the molecule is CCCn1c(=O)n(CCC(=O)Nc2cnc3c(c2)c(C)nn3C)c2ccccc21. The molecular formula is C21H24N6O2. The second-order valence-corrected chi connectivity index (χ2v) is 7.18. The normalized spacial score (nSPS) is 11.4. The molecule has 0 aliphatic carbocycles. The van der Waals surface area contributed by atoms with E-state index in [4.69, 9.17) is 0 Å². The minimum Gasteiger partial charge on any atom is -0.325 e. The number of hydrogen-bond donors (Lipinski definition) is 1. The second kappa shape index (κ2) is 7.54. The van der Waals surface area contributed by atoms with Gasteiger partial charge in [-0.25, -0.2) is 9.78 Å². The first-order valence-electron chi connectivity index (χ1n) is 9.77. The molecule has 0 aliphatic heterocycles. The third-order valence-corrected chi connectivity index (χ3v) is 5.08. The van der Waals surface area contributed by atoms with Crippen molar-refractivity contribution in [3.05, 3.63) is 52.7 Å². The highest BCUT2D eigenvalue weighted by Crippen LogP contribution is 2.19. The highest BCUT2D eigenvalue weighted by molar-refractivity contribution is 5.93. The molecule has 0 saturated carbocycles. The maximum absolute atomic E-state index is 12.8. The largest absolute Gasteiger partial charge is 0.329 e. The van der Waals surface area contributed by atoms with Gasteiger partial charge in [0.1, 0.15) is 0 Å². The van der Waals surface area contributed by atoms with Gasteiger partial charge in [0.05, 0.1) is 28.6 Å². The Hall–Kier alpha value is -3.42. The smallest absolute Gasteiger partial charge is 0.325 e. The fourth-order valence-electron chi connectivity index (χ4n) is 3.74. The fourth-order valence-corrected chi connectivity index (χ4v) is 3.74. The lowest BCUT2D eigenvalue weighted by atomic mass is 10.2. The first-order chi connectivity index (χ1) is 14.0. The number of carbonyl (C=O) groups is 1. The van der Waals surface area contributed by atoms with Gasteiger partial charge < -0.3 is 5.32 Å². The van der Waals surface area contributed by atoms with Crippen molar-refractivity contribution in [1.82, 2.24) is 23.9 Å². The number of benzene rings is 1.